The number of hydrogen-bond donors (Lipinski definition) is 1. The average molecular weight is 354 g/mol. The van der Waals surface area contributed by atoms with Crippen molar-refractivity contribution in [2.24, 2.45) is 0 Å². The van der Waals surface area contributed by atoms with Crippen LogP contribution in [0.1, 0.15) is 47.4 Å². The van der Waals surface area contributed by atoms with Crippen LogP contribution in [0.4, 0.5) is 0 Å². The van der Waals surface area contributed by atoms with Gasteiger partial charge < -0.3 is 14.5 Å². The summed E-state index contributed by atoms with van der Waals surface area (Å²) >= 11 is 0. The first kappa shape index (κ1) is 17.3. The maximum absolute atomic E-state index is 12.7. The van der Waals surface area contributed by atoms with Gasteiger partial charge in [0.05, 0.1) is 11.8 Å². The highest BCUT2D eigenvalue weighted by atomic mass is 16.5. The van der Waals surface area contributed by atoms with Crippen LogP contribution >= 0.6 is 0 Å². The Morgan fingerprint density at radius 3 is 2.73 bits per heavy atom. The molecule has 1 aromatic heterocycles. The van der Waals surface area contributed by atoms with E-state index in [4.69, 9.17) is 4.52 Å². The number of rotatable bonds is 3. The fourth-order valence-corrected chi connectivity index (χ4v) is 4.77. The SMILES string of the molecule is Cc1noc(C)c1CCC(=O)N1CCC2(CC1)c1ccccc1CC2O. The van der Waals surface area contributed by atoms with Crippen LogP contribution < -0.4 is 0 Å². The molecule has 1 aromatic carbocycles. The van der Waals surface area contributed by atoms with Crippen molar-refractivity contribution in [3.05, 3.63) is 52.4 Å². The van der Waals surface area contributed by atoms with Gasteiger partial charge in [0.1, 0.15) is 5.76 Å². The number of aryl methyl sites for hydroxylation is 2. The van der Waals surface area contributed by atoms with Gasteiger partial charge in [-0.25, -0.2) is 0 Å². The van der Waals surface area contributed by atoms with Crippen LogP contribution in [-0.2, 0) is 23.1 Å². The largest absolute Gasteiger partial charge is 0.392 e. The van der Waals surface area contributed by atoms with Gasteiger partial charge in [0, 0.05) is 30.5 Å². The van der Waals surface area contributed by atoms with Crippen LogP contribution in [0.3, 0.4) is 0 Å². The Labute approximate surface area is 154 Å². The second-order valence-corrected chi connectivity index (χ2v) is 7.72. The zero-order valence-electron chi connectivity index (χ0n) is 15.5. The van der Waals surface area contributed by atoms with Gasteiger partial charge in [-0.3, -0.25) is 4.79 Å². The van der Waals surface area contributed by atoms with Gasteiger partial charge in [0.25, 0.3) is 0 Å². The van der Waals surface area contributed by atoms with E-state index in [1.54, 1.807) is 0 Å². The van der Waals surface area contributed by atoms with E-state index in [-0.39, 0.29) is 17.4 Å². The summed E-state index contributed by atoms with van der Waals surface area (Å²) in [5, 5.41) is 14.7. The van der Waals surface area contributed by atoms with Crippen molar-refractivity contribution >= 4 is 5.91 Å². The molecule has 5 heteroatoms. The van der Waals surface area contributed by atoms with E-state index < -0.39 is 0 Å². The van der Waals surface area contributed by atoms with E-state index in [9.17, 15) is 9.90 Å². The fourth-order valence-electron chi connectivity index (χ4n) is 4.77. The van der Waals surface area contributed by atoms with Gasteiger partial charge in [0.15, 0.2) is 0 Å². The lowest BCUT2D eigenvalue weighted by Gasteiger charge is -2.42. The molecule has 1 aliphatic heterocycles. The zero-order valence-corrected chi connectivity index (χ0v) is 15.5. The number of hydrogen-bond acceptors (Lipinski definition) is 4. The predicted molar refractivity (Wildman–Crippen MR) is 97.9 cm³/mol. The Bertz CT molecular complexity index is 799. The highest BCUT2D eigenvalue weighted by Gasteiger charge is 2.47. The Balaban J connectivity index is 1.40. The van der Waals surface area contributed by atoms with Gasteiger partial charge in [-0.05, 0) is 50.7 Å². The third-order valence-electron chi connectivity index (χ3n) is 6.38. The summed E-state index contributed by atoms with van der Waals surface area (Å²) in [5.74, 6) is 0.985. The van der Waals surface area contributed by atoms with Crippen molar-refractivity contribution in [2.75, 3.05) is 13.1 Å². The minimum atomic E-state index is -0.334. The van der Waals surface area contributed by atoms with E-state index in [1.165, 1.54) is 11.1 Å². The minimum absolute atomic E-state index is 0.172. The van der Waals surface area contributed by atoms with Gasteiger partial charge >= 0.3 is 0 Å². The lowest BCUT2D eigenvalue weighted by molar-refractivity contribution is -0.133. The Kier molecular flexibility index (Phi) is 4.35. The summed E-state index contributed by atoms with van der Waals surface area (Å²) in [7, 11) is 0. The van der Waals surface area contributed by atoms with Crippen molar-refractivity contribution in [1.29, 1.82) is 0 Å². The second kappa shape index (κ2) is 6.54. The maximum atomic E-state index is 12.7. The molecule has 4 rings (SSSR count). The molecule has 1 unspecified atom stereocenters. The quantitative estimate of drug-likeness (QED) is 0.920. The summed E-state index contributed by atoms with van der Waals surface area (Å²) in [4.78, 5) is 14.6. The Morgan fingerprint density at radius 1 is 1.31 bits per heavy atom. The Morgan fingerprint density at radius 2 is 2.04 bits per heavy atom. The highest BCUT2D eigenvalue weighted by Crippen LogP contribution is 2.46. The maximum Gasteiger partial charge on any atom is 0.222 e. The number of benzene rings is 1. The molecule has 2 aliphatic rings. The predicted octanol–water partition coefficient (Wildman–Crippen LogP) is 2.70. The van der Waals surface area contributed by atoms with Crippen LogP contribution in [0, 0.1) is 13.8 Å². The lowest BCUT2D eigenvalue weighted by Crippen LogP contribution is -2.49. The van der Waals surface area contributed by atoms with Crippen molar-refractivity contribution < 1.29 is 14.4 Å². The third-order valence-corrected chi connectivity index (χ3v) is 6.38. The number of aliphatic hydroxyl groups is 1. The third kappa shape index (κ3) is 2.75. The molecular weight excluding hydrogens is 328 g/mol. The molecule has 0 saturated carbocycles. The number of nitrogens with zero attached hydrogens (tertiary/aromatic N) is 2. The number of aromatic nitrogens is 1. The summed E-state index contributed by atoms with van der Waals surface area (Å²) < 4.78 is 5.18. The summed E-state index contributed by atoms with van der Waals surface area (Å²) in [6, 6.07) is 8.37. The molecule has 1 N–H and O–H groups in total. The van der Waals surface area contributed by atoms with Gasteiger partial charge in [-0.2, -0.15) is 0 Å². The lowest BCUT2D eigenvalue weighted by atomic mass is 9.72. The Hall–Kier alpha value is -2.14. The van der Waals surface area contributed by atoms with Crippen LogP contribution in [0.2, 0.25) is 0 Å². The van der Waals surface area contributed by atoms with Gasteiger partial charge in [0.2, 0.25) is 5.91 Å². The molecule has 2 heterocycles. The molecular formula is C21H26N2O3. The zero-order chi connectivity index (χ0) is 18.3. The minimum Gasteiger partial charge on any atom is -0.392 e. The van der Waals surface area contributed by atoms with Crippen LogP contribution in [-0.4, -0.2) is 40.3 Å². The summed E-state index contributed by atoms with van der Waals surface area (Å²) in [6.45, 7) is 5.24. The molecule has 138 valence electrons. The van der Waals surface area contributed by atoms with E-state index in [1.807, 2.05) is 24.8 Å². The molecule has 1 fully saturated rings. The van der Waals surface area contributed by atoms with E-state index in [0.717, 1.165) is 36.3 Å². The highest BCUT2D eigenvalue weighted by molar-refractivity contribution is 5.76. The van der Waals surface area contributed by atoms with Crippen LogP contribution in [0.25, 0.3) is 0 Å². The topological polar surface area (TPSA) is 66.6 Å². The molecule has 1 aliphatic carbocycles. The van der Waals surface area contributed by atoms with E-state index in [2.05, 4.69) is 23.4 Å². The molecule has 1 spiro atoms. The standard InChI is InChI=1S/C21H26N2O3/c1-14-17(15(2)26-22-14)7-8-20(25)23-11-9-21(10-12-23)18-6-4-3-5-16(18)13-19(21)24/h3-6,19,24H,7-13H2,1-2H3. The first-order chi connectivity index (χ1) is 12.5. The number of carbonyl (C=O) groups is 1. The van der Waals surface area contributed by atoms with Gasteiger partial charge in [-0.1, -0.05) is 29.4 Å². The number of carbonyl (C=O) groups excluding carboxylic acids is 1. The molecule has 0 bridgehead atoms. The normalized spacial score (nSPS) is 21.2. The van der Waals surface area contributed by atoms with Crippen LogP contribution in [0.5, 0.6) is 0 Å². The average Bonchev–Trinajstić information content (AvgIpc) is 3.11. The number of amides is 1. The van der Waals surface area contributed by atoms with E-state index >= 15 is 0 Å². The van der Waals surface area contributed by atoms with Gasteiger partial charge in [-0.15, -0.1) is 0 Å². The number of piperidine rings is 1. The molecule has 1 amide bonds. The molecule has 1 atom stereocenters. The van der Waals surface area contributed by atoms with Crippen molar-refractivity contribution in [3.63, 3.8) is 0 Å². The summed E-state index contributed by atoms with van der Waals surface area (Å²) in [6.07, 6.45) is 3.22. The van der Waals surface area contributed by atoms with E-state index in [0.29, 0.717) is 25.9 Å². The van der Waals surface area contributed by atoms with Crippen molar-refractivity contribution in [1.82, 2.24) is 10.1 Å². The molecule has 5 nitrogen and oxygen atoms in total. The summed E-state index contributed by atoms with van der Waals surface area (Å²) in [5.41, 5.74) is 4.30. The number of likely N-dealkylation sites (tertiary alicyclic amines) is 1. The van der Waals surface area contributed by atoms with Crippen LogP contribution in [0.15, 0.2) is 28.8 Å². The number of aliphatic hydroxyl groups excluding tert-OH is 1. The molecule has 2 aromatic rings. The first-order valence-electron chi connectivity index (χ1n) is 9.47. The molecule has 1 saturated heterocycles. The monoisotopic (exact) mass is 354 g/mol. The number of fused-ring (bicyclic) bond motifs is 2. The molecule has 0 radical (unpaired) electrons. The molecule has 26 heavy (non-hydrogen) atoms. The van der Waals surface area contributed by atoms with Crippen molar-refractivity contribution in [2.45, 2.75) is 57.5 Å². The fraction of sp³-hybridized carbons (Fsp3) is 0.524. The van der Waals surface area contributed by atoms with Crippen molar-refractivity contribution in [3.8, 4) is 0 Å². The smallest absolute Gasteiger partial charge is 0.222 e. The first-order valence-corrected chi connectivity index (χ1v) is 9.47. The second-order valence-electron chi connectivity index (χ2n) is 7.72.